The maximum Gasteiger partial charge on any atom is 0.335 e. The number of benzene rings is 1. The van der Waals surface area contributed by atoms with E-state index in [0.29, 0.717) is 5.56 Å². The molecule has 6 heteroatoms. The molecule has 2 unspecified atom stereocenters. The van der Waals surface area contributed by atoms with Gasteiger partial charge in [0, 0.05) is 12.0 Å². The van der Waals surface area contributed by atoms with E-state index in [1.165, 1.54) is 0 Å². The summed E-state index contributed by atoms with van der Waals surface area (Å²) < 4.78 is 0. The monoisotopic (exact) mass is 264 g/mol. The second-order valence-corrected chi connectivity index (χ2v) is 4.29. The van der Waals surface area contributed by atoms with Crippen molar-refractivity contribution in [2.45, 2.75) is 13.3 Å². The minimum absolute atomic E-state index is 0.0989. The maximum atomic E-state index is 12.3. The standard InChI is InChI=1S/C13H16N2O4/c1-8(7-10(14)16)11(13(18)19-15)12(17)9-5-3-2-4-6-9/h2-6,8,11H,7,15H2,1H3,(H2,14,16). The third kappa shape index (κ3) is 3.89. The first kappa shape index (κ1) is 14.8. The van der Waals surface area contributed by atoms with Crippen LogP contribution in [-0.4, -0.2) is 17.7 Å². The third-order valence-electron chi connectivity index (χ3n) is 2.80. The minimum atomic E-state index is -1.14. The fraction of sp³-hybridized carbons (Fsp3) is 0.308. The molecule has 102 valence electrons. The van der Waals surface area contributed by atoms with Gasteiger partial charge in [-0.15, -0.1) is 0 Å². The number of ketones is 1. The van der Waals surface area contributed by atoms with Crippen LogP contribution >= 0.6 is 0 Å². The SMILES string of the molecule is CC(CC(N)=O)C(C(=O)ON)C(=O)c1ccccc1. The topological polar surface area (TPSA) is 112 Å². The van der Waals surface area contributed by atoms with E-state index in [4.69, 9.17) is 11.6 Å². The summed E-state index contributed by atoms with van der Waals surface area (Å²) in [7, 11) is 0. The fourth-order valence-electron chi connectivity index (χ4n) is 1.89. The Kier molecular flexibility index (Phi) is 5.20. The molecule has 1 aromatic rings. The molecule has 19 heavy (non-hydrogen) atoms. The molecule has 0 aromatic heterocycles. The smallest absolute Gasteiger partial charge is 0.335 e. The summed E-state index contributed by atoms with van der Waals surface area (Å²) in [6.07, 6.45) is -0.0989. The van der Waals surface area contributed by atoms with Crippen molar-refractivity contribution in [1.82, 2.24) is 0 Å². The highest BCUT2D eigenvalue weighted by molar-refractivity contribution is 6.09. The molecule has 1 amide bonds. The van der Waals surface area contributed by atoms with E-state index in [0.717, 1.165) is 0 Å². The molecule has 0 aliphatic heterocycles. The largest absolute Gasteiger partial charge is 0.373 e. The van der Waals surface area contributed by atoms with E-state index in [-0.39, 0.29) is 6.42 Å². The molecule has 0 aliphatic rings. The van der Waals surface area contributed by atoms with E-state index < -0.39 is 29.5 Å². The second-order valence-electron chi connectivity index (χ2n) is 4.29. The summed E-state index contributed by atoms with van der Waals surface area (Å²) >= 11 is 0. The zero-order valence-electron chi connectivity index (χ0n) is 10.5. The van der Waals surface area contributed by atoms with Crippen LogP contribution in [0.4, 0.5) is 0 Å². The van der Waals surface area contributed by atoms with Gasteiger partial charge in [0.25, 0.3) is 0 Å². The summed E-state index contributed by atoms with van der Waals surface area (Å²) in [6, 6.07) is 8.26. The Morgan fingerprint density at radius 3 is 2.26 bits per heavy atom. The van der Waals surface area contributed by atoms with Crippen LogP contribution < -0.4 is 11.6 Å². The van der Waals surface area contributed by atoms with Crippen molar-refractivity contribution in [1.29, 1.82) is 0 Å². The van der Waals surface area contributed by atoms with E-state index >= 15 is 0 Å². The van der Waals surface area contributed by atoms with Crippen molar-refractivity contribution in [3.63, 3.8) is 0 Å². The molecule has 0 saturated heterocycles. The van der Waals surface area contributed by atoms with Crippen LogP contribution in [0, 0.1) is 11.8 Å². The number of carbonyl (C=O) groups is 3. The van der Waals surface area contributed by atoms with Crippen molar-refractivity contribution >= 4 is 17.7 Å². The third-order valence-corrected chi connectivity index (χ3v) is 2.80. The molecular formula is C13H16N2O4. The van der Waals surface area contributed by atoms with Crippen LogP contribution in [0.2, 0.25) is 0 Å². The fourth-order valence-corrected chi connectivity index (χ4v) is 1.89. The quantitative estimate of drug-likeness (QED) is 0.439. The summed E-state index contributed by atoms with van der Waals surface area (Å²) in [5, 5.41) is 0. The normalized spacial score (nSPS) is 13.4. The van der Waals surface area contributed by atoms with Crippen molar-refractivity contribution in [3.8, 4) is 0 Å². The molecule has 0 aliphatic carbocycles. The molecule has 0 saturated carbocycles. The van der Waals surface area contributed by atoms with Crippen molar-refractivity contribution < 1.29 is 19.2 Å². The van der Waals surface area contributed by atoms with Crippen molar-refractivity contribution in [2.24, 2.45) is 23.5 Å². The molecule has 4 N–H and O–H groups in total. The number of amides is 1. The molecule has 0 spiro atoms. The van der Waals surface area contributed by atoms with E-state index in [2.05, 4.69) is 4.84 Å². The van der Waals surface area contributed by atoms with Gasteiger partial charge in [-0.05, 0) is 5.92 Å². The molecule has 1 aromatic carbocycles. The van der Waals surface area contributed by atoms with Crippen LogP contribution in [0.3, 0.4) is 0 Å². The lowest BCUT2D eigenvalue weighted by Gasteiger charge is -2.19. The van der Waals surface area contributed by atoms with Gasteiger partial charge in [-0.1, -0.05) is 37.3 Å². The van der Waals surface area contributed by atoms with Gasteiger partial charge >= 0.3 is 5.97 Å². The highest BCUT2D eigenvalue weighted by Gasteiger charge is 2.34. The molecule has 0 radical (unpaired) electrons. The lowest BCUT2D eigenvalue weighted by atomic mass is 9.84. The molecule has 6 nitrogen and oxygen atoms in total. The summed E-state index contributed by atoms with van der Waals surface area (Å²) in [5.74, 6) is 1.21. The Bertz CT molecular complexity index is 473. The molecule has 1 rings (SSSR count). The number of nitrogens with two attached hydrogens (primary N) is 2. The predicted molar refractivity (Wildman–Crippen MR) is 67.5 cm³/mol. The molecular weight excluding hydrogens is 248 g/mol. The van der Waals surface area contributed by atoms with Crippen LogP contribution in [0.1, 0.15) is 23.7 Å². The number of Topliss-reactive ketones (excluding diaryl/α,β-unsaturated/α-hetero) is 1. The predicted octanol–water partition coefficient (Wildman–Crippen LogP) is 0.414. The zero-order chi connectivity index (χ0) is 14.4. The van der Waals surface area contributed by atoms with Gasteiger partial charge in [0.2, 0.25) is 5.91 Å². The molecule has 0 heterocycles. The van der Waals surface area contributed by atoms with Crippen LogP contribution in [0.25, 0.3) is 0 Å². The Morgan fingerprint density at radius 1 is 1.21 bits per heavy atom. The van der Waals surface area contributed by atoms with Crippen molar-refractivity contribution in [2.75, 3.05) is 0 Å². The van der Waals surface area contributed by atoms with Gasteiger partial charge in [-0.2, -0.15) is 5.90 Å². The highest BCUT2D eigenvalue weighted by atomic mass is 16.7. The average Bonchev–Trinajstić information content (AvgIpc) is 2.38. The van der Waals surface area contributed by atoms with Gasteiger partial charge in [0.1, 0.15) is 5.92 Å². The maximum absolute atomic E-state index is 12.3. The van der Waals surface area contributed by atoms with E-state index in [9.17, 15) is 14.4 Å². The van der Waals surface area contributed by atoms with Gasteiger partial charge in [0.15, 0.2) is 5.78 Å². The van der Waals surface area contributed by atoms with Crippen LogP contribution in [-0.2, 0) is 14.4 Å². The van der Waals surface area contributed by atoms with E-state index in [1.54, 1.807) is 37.3 Å². The van der Waals surface area contributed by atoms with Gasteiger partial charge < -0.3 is 10.6 Å². The first-order valence-corrected chi connectivity index (χ1v) is 5.75. The van der Waals surface area contributed by atoms with E-state index in [1.807, 2.05) is 0 Å². The lowest BCUT2D eigenvalue weighted by Crippen LogP contribution is -2.35. The number of rotatable bonds is 6. The molecule has 0 bridgehead atoms. The van der Waals surface area contributed by atoms with Crippen LogP contribution in [0.15, 0.2) is 30.3 Å². The Morgan fingerprint density at radius 2 is 1.79 bits per heavy atom. The Balaban J connectivity index is 3.00. The Hall–Kier alpha value is -2.21. The lowest BCUT2D eigenvalue weighted by molar-refractivity contribution is -0.148. The van der Waals surface area contributed by atoms with Gasteiger partial charge in [0.05, 0.1) is 0 Å². The van der Waals surface area contributed by atoms with Gasteiger partial charge in [-0.25, -0.2) is 4.79 Å². The molecule has 0 fully saturated rings. The first-order valence-electron chi connectivity index (χ1n) is 5.75. The number of carbonyl (C=O) groups excluding carboxylic acids is 3. The minimum Gasteiger partial charge on any atom is -0.373 e. The van der Waals surface area contributed by atoms with Crippen LogP contribution in [0.5, 0.6) is 0 Å². The number of hydrogen-bond donors (Lipinski definition) is 2. The zero-order valence-corrected chi connectivity index (χ0v) is 10.5. The summed E-state index contributed by atoms with van der Waals surface area (Å²) in [5.41, 5.74) is 5.43. The first-order chi connectivity index (χ1) is 8.97. The summed E-state index contributed by atoms with van der Waals surface area (Å²) in [4.78, 5) is 38.9. The second kappa shape index (κ2) is 6.65. The van der Waals surface area contributed by atoms with Crippen molar-refractivity contribution in [3.05, 3.63) is 35.9 Å². The Labute approximate surface area is 110 Å². The summed E-state index contributed by atoms with van der Waals surface area (Å²) in [6.45, 7) is 1.58. The number of hydrogen-bond acceptors (Lipinski definition) is 5. The highest BCUT2D eigenvalue weighted by Crippen LogP contribution is 2.21. The average molecular weight is 264 g/mol. The number of primary amides is 1. The van der Waals surface area contributed by atoms with Gasteiger partial charge in [-0.3, -0.25) is 9.59 Å². The molecule has 2 atom stereocenters.